The van der Waals surface area contributed by atoms with E-state index in [0.717, 1.165) is 25.7 Å². The number of allylic oxidation sites excluding steroid dienone is 4. The maximum Gasteiger partial charge on any atom is 4.00 e. The van der Waals surface area contributed by atoms with Crippen LogP contribution in [-0.2, 0) is 26.2 Å². The summed E-state index contributed by atoms with van der Waals surface area (Å²) < 4.78 is 0. The van der Waals surface area contributed by atoms with E-state index in [4.69, 9.17) is 5.11 Å². The molecule has 0 aliphatic heterocycles. The van der Waals surface area contributed by atoms with Crippen LogP contribution in [0.3, 0.4) is 0 Å². The number of rotatable bonds is 5. The molecule has 2 aromatic carbocycles. The summed E-state index contributed by atoms with van der Waals surface area (Å²) in [5.41, 5.74) is 8.62. The summed E-state index contributed by atoms with van der Waals surface area (Å²) in [6.07, 6.45) is 7.69. The molecule has 1 N–H and O–H groups in total. The van der Waals surface area contributed by atoms with Crippen molar-refractivity contribution < 1.29 is 56.1 Å². The minimum absolute atomic E-state index is 0. The molecule has 2 aliphatic carbocycles. The number of aliphatic hydroxyl groups is 1. The smallest absolute Gasteiger partial charge is 1.00 e. The van der Waals surface area contributed by atoms with E-state index in [1.807, 2.05) is 6.07 Å². The molecule has 0 amide bonds. The zero-order valence-electron chi connectivity index (χ0n) is 18.9. The zero-order chi connectivity index (χ0) is 20.1. The molecule has 1 nitrogen and oxygen atoms in total. The first-order valence-electron chi connectivity index (χ1n) is 10.6. The molecule has 0 aromatic heterocycles. The topological polar surface area (TPSA) is 20.2 Å². The van der Waals surface area contributed by atoms with Crippen molar-refractivity contribution in [2.75, 3.05) is 6.61 Å². The van der Waals surface area contributed by atoms with Gasteiger partial charge in [-0.1, -0.05) is 63.2 Å². The van der Waals surface area contributed by atoms with Gasteiger partial charge in [-0.15, -0.1) is 17.5 Å². The SMILES string of the molecule is CC1c2[c-]cccc2-c2ccccc21.CCC1=C(CCCO)C[C-]=C1[SiH](C)C.[Cl-].[Cl-].[Zr+4]. The van der Waals surface area contributed by atoms with Gasteiger partial charge in [0.2, 0.25) is 0 Å². The van der Waals surface area contributed by atoms with Crippen LogP contribution in [0.2, 0.25) is 13.1 Å². The molecule has 0 bridgehead atoms. The third-order valence-corrected chi connectivity index (χ3v) is 7.56. The van der Waals surface area contributed by atoms with Crippen molar-refractivity contribution in [3.05, 3.63) is 82.1 Å². The van der Waals surface area contributed by atoms with Gasteiger partial charge in [-0.25, -0.2) is 5.20 Å². The molecule has 4 rings (SSSR count). The van der Waals surface area contributed by atoms with Crippen molar-refractivity contribution in [2.24, 2.45) is 0 Å². The second-order valence-electron chi connectivity index (χ2n) is 7.99. The van der Waals surface area contributed by atoms with E-state index in [1.165, 1.54) is 27.8 Å². The van der Waals surface area contributed by atoms with Crippen molar-refractivity contribution in [1.82, 2.24) is 0 Å². The van der Waals surface area contributed by atoms with Gasteiger partial charge in [-0.2, -0.15) is 35.4 Å². The van der Waals surface area contributed by atoms with Crippen molar-refractivity contribution in [3.63, 3.8) is 0 Å². The largest absolute Gasteiger partial charge is 4.00 e. The molecule has 0 fully saturated rings. The molecule has 164 valence electrons. The Balaban J connectivity index is 0.000000529. The molecule has 2 aromatic rings. The van der Waals surface area contributed by atoms with Gasteiger partial charge < -0.3 is 29.9 Å². The van der Waals surface area contributed by atoms with Gasteiger partial charge in [0.25, 0.3) is 0 Å². The Morgan fingerprint density at radius 2 is 1.74 bits per heavy atom. The van der Waals surface area contributed by atoms with Crippen LogP contribution in [-0.4, -0.2) is 20.5 Å². The Bertz CT molecular complexity index is 847. The summed E-state index contributed by atoms with van der Waals surface area (Å²) in [6.45, 7) is 9.54. The fraction of sp³-hybridized carbons (Fsp3) is 0.385. The van der Waals surface area contributed by atoms with Gasteiger partial charge in [0, 0.05) is 15.4 Å². The molecule has 5 heteroatoms. The molecule has 1 atom stereocenters. The molecule has 31 heavy (non-hydrogen) atoms. The minimum Gasteiger partial charge on any atom is -1.00 e. The summed E-state index contributed by atoms with van der Waals surface area (Å²) >= 11 is 0. The van der Waals surface area contributed by atoms with Crippen LogP contribution in [0.4, 0.5) is 0 Å². The van der Waals surface area contributed by atoms with Crippen molar-refractivity contribution >= 4 is 8.80 Å². The van der Waals surface area contributed by atoms with Crippen LogP contribution in [0.5, 0.6) is 0 Å². The predicted octanol–water partition coefficient (Wildman–Crippen LogP) is 0.249. The van der Waals surface area contributed by atoms with Crippen LogP contribution < -0.4 is 24.8 Å². The van der Waals surface area contributed by atoms with E-state index < -0.39 is 8.80 Å². The summed E-state index contributed by atoms with van der Waals surface area (Å²) in [4.78, 5) is 0. The molecule has 0 radical (unpaired) electrons. The van der Waals surface area contributed by atoms with E-state index in [-0.39, 0.29) is 51.0 Å². The average molecular weight is 551 g/mol. The van der Waals surface area contributed by atoms with Crippen LogP contribution in [0.1, 0.15) is 56.6 Å². The number of hydrogen-bond donors (Lipinski definition) is 1. The summed E-state index contributed by atoms with van der Waals surface area (Å²) in [5.74, 6) is 0.502. The van der Waals surface area contributed by atoms with Gasteiger partial charge in [-0.05, 0) is 24.3 Å². The first kappa shape index (κ1) is 30.6. The molecule has 0 heterocycles. The molecule has 0 saturated carbocycles. The molecule has 1 unspecified atom stereocenters. The van der Waals surface area contributed by atoms with Gasteiger partial charge in [0.1, 0.15) is 0 Å². The third-order valence-electron chi connectivity index (χ3n) is 5.85. The van der Waals surface area contributed by atoms with Crippen LogP contribution in [0.25, 0.3) is 11.1 Å². The quantitative estimate of drug-likeness (QED) is 0.418. The van der Waals surface area contributed by atoms with Gasteiger partial charge in [-0.3, -0.25) is 6.08 Å². The predicted molar refractivity (Wildman–Crippen MR) is 122 cm³/mol. The standard InChI is InChI=1S/C14H11.C12H21OSi.2ClH.Zr/c1-10-11-6-2-4-8-13(11)14-9-5-3-7-12(10)14;1-4-11-10(6-5-9-13)7-8-12(11)14(2)3;;;/h2-6,8-10H,1H3;13-14H,4-7,9H2,1-3H3;2*1H;/q2*-1;;;+4/p-2. The summed E-state index contributed by atoms with van der Waals surface area (Å²) in [7, 11) is -0.686. The first-order chi connectivity index (χ1) is 13.6. The molecular formula is C26H32Cl2OSiZr. The fourth-order valence-electron chi connectivity index (χ4n) is 4.45. The second-order valence-corrected chi connectivity index (χ2v) is 10.9. The number of aliphatic hydroxyl groups excluding tert-OH is 1. The van der Waals surface area contributed by atoms with Crippen LogP contribution >= 0.6 is 0 Å². The van der Waals surface area contributed by atoms with Gasteiger partial charge in [0.05, 0.1) is 0 Å². The normalized spacial score (nSPS) is 15.5. The van der Waals surface area contributed by atoms with E-state index in [2.05, 4.69) is 75.5 Å². The average Bonchev–Trinajstić information content (AvgIpc) is 3.27. The fourth-order valence-corrected chi connectivity index (χ4v) is 6.06. The first-order valence-corrected chi connectivity index (χ1v) is 13.5. The number of hydrogen-bond acceptors (Lipinski definition) is 1. The van der Waals surface area contributed by atoms with E-state index in [1.54, 1.807) is 10.8 Å². The second kappa shape index (κ2) is 14.7. The third kappa shape index (κ3) is 7.02. The van der Waals surface area contributed by atoms with Crippen molar-refractivity contribution in [1.29, 1.82) is 0 Å². The monoisotopic (exact) mass is 548 g/mol. The Hall–Kier alpha value is -0.440. The Morgan fingerprint density at radius 3 is 2.39 bits per heavy atom. The number of benzene rings is 2. The Morgan fingerprint density at radius 1 is 1.06 bits per heavy atom. The van der Waals surface area contributed by atoms with Gasteiger partial charge >= 0.3 is 26.2 Å². The Labute approximate surface area is 222 Å². The Kier molecular flexibility index (Phi) is 14.4. The maximum atomic E-state index is 8.82. The maximum absolute atomic E-state index is 8.82. The summed E-state index contributed by atoms with van der Waals surface area (Å²) in [6, 6.07) is 18.2. The van der Waals surface area contributed by atoms with Crippen molar-refractivity contribution in [2.45, 2.75) is 58.5 Å². The number of fused-ring (bicyclic) bond motifs is 3. The van der Waals surface area contributed by atoms with Crippen LogP contribution in [0, 0.1) is 12.1 Å². The van der Waals surface area contributed by atoms with E-state index in [9.17, 15) is 0 Å². The molecule has 0 saturated heterocycles. The minimum atomic E-state index is -0.686. The number of halogens is 2. The molecular weight excluding hydrogens is 519 g/mol. The molecule has 2 aliphatic rings. The van der Waals surface area contributed by atoms with Crippen LogP contribution in [0.15, 0.2) is 58.8 Å². The molecule has 0 spiro atoms. The van der Waals surface area contributed by atoms with Gasteiger partial charge in [0.15, 0.2) is 0 Å². The summed E-state index contributed by atoms with van der Waals surface area (Å²) in [5, 5.41) is 10.4. The zero-order valence-corrected chi connectivity index (χ0v) is 24.1. The van der Waals surface area contributed by atoms with E-state index >= 15 is 0 Å². The van der Waals surface area contributed by atoms with Crippen molar-refractivity contribution in [3.8, 4) is 11.1 Å². The van der Waals surface area contributed by atoms with E-state index in [0.29, 0.717) is 12.5 Å².